The molecule has 0 aliphatic carbocycles. The Morgan fingerprint density at radius 1 is 1.29 bits per heavy atom. The van der Waals surface area contributed by atoms with Crippen molar-refractivity contribution in [2.75, 3.05) is 30.8 Å². The molecule has 0 aromatic carbocycles. The Morgan fingerprint density at radius 3 is 2.84 bits per heavy atom. The third-order valence-electron chi connectivity index (χ3n) is 4.91. The molecule has 1 aliphatic heterocycles. The predicted molar refractivity (Wildman–Crippen MR) is 106 cm³/mol. The van der Waals surface area contributed by atoms with Crippen LogP contribution < -0.4 is 9.62 Å². The van der Waals surface area contributed by atoms with Crippen molar-refractivity contribution in [3.63, 3.8) is 0 Å². The second kappa shape index (κ2) is 8.46. The zero-order chi connectivity index (χ0) is 22.2. The summed E-state index contributed by atoms with van der Waals surface area (Å²) in [5.74, 6) is -3.11. The topological polar surface area (TPSA) is 88.3 Å². The first kappa shape index (κ1) is 21.6. The van der Waals surface area contributed by atoms with Crippen LogP contribution in [-0.4, -0.2) is 60.6 Å². The molecule has 1 N–H and O–H groups in total. The molecule has 1 saturated heterocycles. The molecule has 3 aromatic rings. The molecular formula is C18H19F4N7OS. The van der Waals surface area contributed by atoms with Gasteiger partial charge in [-0.1, -0.05) is 0 Å². The zero-order valence-corrected chi connectivity index (χ0v) is 17.2. The summed E-state index contributed by atoms with van der Waals surface area (Å²) in [7, 11) is -1.30. The van der Waals surface area contributed by atoms with Crippen LogP contribution in [0.25, 0.3) is 17.0 Å². The normalized spacial score (nSPS) is 19.8. The number of nitrogens with zero attached hydrogens (tertiary/aromatic N) is 6. The van der Waals surface area contributed by atoms with E-state index in [-0.39, 0.29) is 25.3 Å². The lowest BCUT2D eigenvalue weighted by molar-refractivity contribution is -0.0283. The maximum atomic E-state index is 14.3. The number of hydrogen-bond acceptors (Lipinski definition) is 6. The second-order valence-corrected chi connectivity index (χ2v) is 8.54. The van der Waals surface area contributed by atoms with Gasteiger partial charge in [0.25, 0.3) is 12.3 Å². The van der Waals surface area contributed by atoms with Crippen LogP contribution in [0.4, 0.5) is 23.4 Å². The van der Waals surface area contributed by atoms with Crippen LogP contribution in [0.15, 0.2) is 30.7 Å². The average Bonchev–Trinajstić information content (AvgIpc) is 3.14. The molecule has 0 saturated carbocycles. The fourth-order valence-electron chi connectivity index (χ4n) is 3.59. The Labute approximate surface area is 177 Å². The highest BCUT2D eigenvalue weighted by atomic mass is 32.2. The summed E-state index contributed by atoms with van der Waals surface area (Å²) in [5.41, 5.74) is 0.585. The van der Waals surface area contributed by atoms with E-state index in [1.165, 1.54) is 46.4 Å². The fraction of sp³-hybridized carbons (Fsp3) is 0.444. The van der Waals surface area contributed by atoms with E-state index in [0.717, 1.165) is 0 Å². The van der Waals surface area contributed by atoms with Crippen LogP contribution in [0.1, 0.15) is 18.5 Å². The molecule has 1 fully saturated rings. The van der Waals surface area contributed by atoms with Gasteiger partial charge in [-0.15, -0.1) is 0 Å². The Morgan fingerprint density at radius 2 is 2.10 bits per heavy atom. The second-order valence-electron chi connectivity index (χ2n) is 7.34. The van der Waals surface area contributed by atoms with Gasteiger partial charge in [-0.3, -0.25) is 0 Å². The average molecular weight is 457 g/mol. The van der Waals surface area contributed by atoms with Crippen molar-refractivity contribution in [3.05, 3.63) is 36.4 Å². The van der Waals surface area contributed by atoms with Gasteiger partial charge in [0.05, 0.1) is 29.4 Å². The Balaban J connectivity index is 1.64. The number of piperidine rings is 1. The van der Waals surface area contributed by atoms with Crippen LogP contribution in [0, 0.1) is 5.92 Å². The molecular weight excluding hydrogens is 438 g/mol. The first-order valence-corrected chi connectivity index (χ1v) is 10.9. The summed E-state index contributed by atoms with van der Waals surface area (Å²) in [4.78, 5) is 13.9. The van der Waals surface area contributed by atoms with Crippen LogP contribution in [0.3, 0.4) is 0 Å². The summed E-state index contributed by atoms with van der Waals surface area (Å²) in [6, 6.07) is 4.11. The molecule has 13 heteroatoms. The van der Waals surface area contributed by atoms with E-state index in [9.17, 15) is 21.8 Å². The Bertz CT molecular complexity index is 1110. The van der Waals surface area contributed by atoms with Crippen molar-refractivity contribution in [1.29, 1.82) is 0 Å². The number of anilines is 1. The molecule has 166 valence electrons. The number of aromatic nitrogens is 5. The largest absolute Gasteiger partial charge is 0.350 e. The van der Waals surface area contributed by atoms with Gasteiger partial charge < -0.3 is 4.90 Å². The third kappa shape index (κ3) is 4.82. The first-order chi connectivity index (χ1) is 14.7. The molecule has 0 bridgehead atoms. The van der Waals surface area contributed by atoms with Gasteiger partial charge in [0, 0.05) is 31.8 Å². The van der Waals surface area contributed by atoms with Crippen LogP contribution in [-0.2, 0) is 11.0 Å². The molecule has 0 amide bonds. The van der Waals surface area contributed by atoms with Gasteiger partial charge in [-0.05, 0) is 18.1 Å². The van der Waals surface area contributed by atoms with Crippen molar-refractivity contribution < 1.29 is 21.8 Å². The number of fused-ring (bicyclic) bond motifs is 1. The van der Waals surface area contributed by atoms with Crippen molar-refractivity contribution in [2.45, 2.75) is 18.8 Å². The van der Waals surface area contributed by atoms with Crippen molar-refractivity contribution in [3.8, 4) is 11.4 Å². The highest BCUT2D eigenvalue weighted by Gasteiger charge is 2.40. The van der Waals surface area contributed by atoms with Gasteiger partial charge in [0.1, 0.15) is 23.5 Å². The molecule has 4 heterocycles. The summed E-state index contributed by atoms with van der Waals surface area (Å²) in [6.07, 6.45) is 1.02. The van der Waals surface area contributed by atoms with Crippen LogP contribution in [0.5, 0.6) is 0 Å². The summed E-state index contributed by atoms with van der Waals surface area (Å²) >= 11 is 0. The minimum Gasteiger partial charge on any atom is -0.350 e. The molecule has 2 atom stereocenters. The van der Waals surface area contributed by atoms with Crippen LogP contribution >= 0.6 is 0 Å². The highest BCUT2D eigenvalue weighted by Crippen LogP contribution is 2.33. The number of hydrogen-bond donors (Lipinski definition) is 1. The minimum atomic E-state index is -2.94. The molecule has 31 heavy (non-hydrogen) atoms. The maximum absolute atomic E-state index is 14.3. The monoisotopic (exact) mass is 457 g/mol. The minimum absolute atomic E-state index is 0.181. The van der Waals surface area contributed by atoms with E-state index in [0.29, 0.717) is 17.0 Å². The number of imidazole rings is 1. The standard InChI is InChI=1S/C18H19F4N7OS/c1-31(30)26-6-11-5-18(21,22)9-28(8-11)16-4-13(24-10-25-16)14-7-23-15-3-2-12(17(19)20)27-29(14)15/h2-4,7,10-11,17,26H,5-6,8-9H2,1H3. The third-order valence-corrected chi connectivity index (χ3v) is 5.48. The summed E-state index contributed by atoms with van der Waals surface area (Å²) in [5, 5.41) is 3.90. The molecule has 8 nitrogen and oxygen atoms in total. The SMILES string of the molecule is CS(=O)NCC1CN(c2cc(-c3cnc4ccc(C(F)F)nn34)ncn2)CC(F)(F)C1. The van der Waals surface area contributed by atoms with E-state index in [4.69, 9.17) is 0 Å². The lowest BCUT2D eigenvalue weighted by Gasteiger charge is -2.38. The molecule has 4 rings (SSSR count). The van der Waals surface area contributed by atoms with Gasteiger partial charge in [0.2, 0.25) is 0 Å². The lowest BCUT2D eigenvalue weighted by Crippen LogP contribution is -2.49. The molecule has 1 aliphatic rings. The molecule has 0 spiro atoms. The van der Waals surface area contributed by atoms with Gasteiger partial charge in [-0.25, -0.2) is 46.0 Å². The first-order valence-electron chi connectivity index (χ1n) is 9.37. The number of nitrogens with one attached hydrogen (secondary N) is 1. The fourth-order valence-corrected chi connectivity index (χ4v) is 4.06. The number of rotatable bonds is 6. The zero-order valence-electron chi connectivity index (χ0n) is 16.4. The van der Waals surface area contributed by atoms with Crippen molar-refractivity contribution in [1.82, 2.24) is 29.3 Å². The Hall–Kier alpha value is -2.67. The summed E-state index contributed by atoms with van der Waals surface area (Å²) in [6.45, 7) is -0.0476. The van der Waals surface area contributed by atoms with Gasteiger partial charge in [0.15, 0.2) is 5.65 Å². The van der Waals surface area contributed by atoms with Crippen molar-refractivity contribution >= 4 is 22.5 Å². The van der Waals surface area contributed by atoms with Gasteiger partial charge >= 0.3 is 0 Å². The Kier molecular flexibility index (Phi) is 5.88. The highest BCUT2D eigenvalue weighted by molar-refractivity contribution is 7.82. The molecule has 2 unspecified atom stereocenters. The number of alkyl halides is 4. The quantitative estimate of drug-likeness (QED) is 0.573. The van der Waals surface area contributed by atoms with E-state index in [1.807, 2.05) is 0 Å². The predicted octanol–water partition coefficient (Wildman–Crippen LogP) is 2.47. The smallest absolute Gasteiger partial charge is 0.282 e. The maximum Gasteiger partial charge on any atom is 0.282 e. The molecule has 3 aromatic heterocycles. The van der Waals surface area contributed by atoms with E-state index in [1.54, 1.807) is 0 Å². The van der Waals surface area contributed by atoms with Gasteiger partial charge in [-0.2, -0.15) is 5.10 Å². The summed E-state index contributed by atoms with van der Waals surface area (Å²) < 4.78 is 69.9. The lowest BCUT2D eigenvalue weighted by atomic mass is 9.95. The van der Waals surface area contributed by atoms with Crippen molar-refractivity contribution in [2.24, 2.45) is 5.92 Å². The van der Waals surface area contributed by atoms with E-state index in [2.05, 4.69) is 24.8 Å². The number of halogens is 4. The van der Waals surface area contributed by atoms with E-state index < -0.39 is 41.5 Å². The van der Waals surface area contributed by atoms with E-state index >= 15 is 0 Å². The molecule has 0 radical (unpaired) electrons. The van der Waals surface area contributed by atoms with Crippen LogP contribution in [0.2, 0.25) is 0 Å².